The van der Waals surface area contributed by atoms with Crippen molar-refractivity contribution in [3.8, 4) is 21.7 Å². The van der Waals surface area contributed by atoms with Crippen molar-refractivity contribution in [2.75, 3.05) is 7.11 Å². The van der Waals surface area contributed by atoms with Crippen LogP contribution in [0.3, 0.4) is 0 Å². The Morgan fingerprint density at radius 2 is 1.56 bits per heavy atom. The third kappa shape index (κ3) is 7.59. The van der Waals surface area contributed by atoms with Gasteiger partial charge in [0.2, 0.25) is 5.78 Å². The maximum absolute atomic E-state index is 13.9. The minimum Gasteiger partial charge on any atom is -0.469 e. The van der Waals surface area contributed by atoms with Crippen LogP contribution in [0.2, 0.25) is 0 Å². The topological polar surface area (TPSA) is 101 Å². The highest BCUT2D eigenvalue weighted by Gasteiger charge is 2.23. The molecule has 5 rings (SSSR count). The van der Waals surface area contributed by atoms with Crippen molar-refractivity contribution in [1.29, 1.82) is 0 Å². The summed E-state index contributed by atoms with van der Waals surface area (Å²) in [5.41, 5.74) is 10.8. The molecule has 0 aliphatic rings. The number of carbonyl (C=O) groups excluding carboxylic acids is 3. The number of thiophene rings is 1. The lowest BCUT2D eigenvalue weighted by Crippen LogP contribution is -2.37. The summed E-state index contributed by atoms with van der Waals surface area (Å²) in [5.74, 6) is -0.882. The van der Waals surface area contributed by atoms with E-state index in [9.17, 15) is 14.4 Å². The Morgan fingerprint density at radius 1 is 0.889 bits per heavy atom. The van der Waals surface area contributed by atoms with Crippen molar-refractivity contribution >= 4 is 40.0 Å². The summed E-state index contributed by atoms with van der Waals surface area (Å²) < 4.78 is 12.6. The Bertz CT molecular complexity index is 1820. The van der Waals surface area contributed by atoms with Gasteiger partial charge in [0, 0.05) is 33.6 Å². The average Bonchev–Trinajstić information content (AvgIpc) is 3.62. The number of hydrogen-bond acceptors (Lipinski definition) is 7. The number of carbonyl (C=O) groups is 3. The Hall–Kier alpha value is -4.53. The largest absolute Gasteiger partial charge is 0.469 e. The molecule has 8 heteroatoms. The fourth-order valence-electron chi connectivity index (χ4n) is 5.33. The summed E-state index contributed by atoms with van der Waals surface area (Å²) in [6, 6.07) is 28.8. The minimum absolute atomic E-state index is 0.0816. The zero-order chi connectivity index (χ0) is 32.1. The van der Waals surface area contributed by atoms with Crippen LogP contribution in [0.5, 0.6) is 0 Å². The van der Waals surface area contributed by atoms with E-state index in [0.717, 1.165) is 38.2 Å². The van der Waals surface area contributed by atoms with E-state index < -0.39 is 17.6 Å². The van der Waals surface area contributed by atoms with Gasteiger partial charge in [-0.1, -0.05) is 72.8 Å². The fraction of sp³-hybridized carbons (Fsp3) is 0.270. The number of ether oxygens (including phenoxy) is 2. The van der Waals surface area contributed by atoms with E-state index in [1.54, 1.807) is 0 Å². The number of ketones is 1. The number of rotatable bonds is 11. The third-order valence-corrected chi connectivity index (χ3v) is 8.70. The zero-order valence-electron chi connectivity index (χ0n) is 26.0. The van der Waals surface area contributed by atoms with Crippen LogP contribution in [0.1, 0.15) is 54.4 Å². The second-order valence-electron chi connectivity index (χ2n) is 12.0. The highest BCUT2D eigenvalue weighted by molar-refractivity contribution is 7.17. The number of nitrogens with zero attached hydrogens (tertiary/aromatic N) is 1. The zero-order valence-corrected chi connectivity index (χ0v) is 26.9. The quantitative estimate of drug-likeness (QED) is 0.121. The molecular formula is C37H38N2O5S. The standard InChI is InChI=1S/C37H38N2O5S/c1-37(2,3)44-36(42)29(38)16-11-19-39-30(24-12-7-5-8-13-24)20-26-17-18-27(21-31(26)39)34(41)32-22-28(23-33(40)43-4)35(45-32)25-14-9-6-10-15-25/h5-10,12-15,17-18,20-22,29H,11,16,19,23,38H2,1-4H3. The Kier molecular flexibility index (Phi) is 9.65. The number of benzene rings is 3. The van der Waals surface area contributed by atoms with E-state index in [4.69, 9.17) is 15.2 Å². The number of hydrogen-bond donors (Lipinski definition) is 1. The van der Waals surface area contributed by atoms with Crippen molar-refractivity contribution in [1.82, 2.24) is 4.57 Å². The molecule has 7 nitrogen and oxygen atoms in total. The van der Waals surface area contributed by atoms with Gasteiger partial charge in [-0.15, -0.1) is 11.3 Å². The molecule has 0 fully saturated rings. The lowest BCUT2D eigenvalue weighted by Gasteiger charge is -2.22. The van der Waals surface area contributed by atoms with Crippen LogP contribution in [-0.2, 0) is 32.0 Å². The number of methoxy groups -OCH3 is 1. The molecule has 1 unspecified atom stereocenters. The van der Waals surface area contributed by atoms with Gasteiger partial charge in [-0.2, -0.15) is 0 Å². The van der Waals surface area contributed by atoms with Crippen LogP contribution in [-0.4, -0.2) is 41.0 Å². The van der Waals surface area contributed by atoms with Crippen LogP contribution in [0, 0.1) is 0 Å². The Morgan fingerprint density at radius 3 is 2.20 bits per heavy atom. The summed E-state index contributed by atoms with van der Waals surface area (Å²) in [6.45, 7) is 6.08. The SMILES string of the molecule is COC(=O)Cc1cc(C(=O)c2ccc3cc(-c4ccccc4)n(CCCC(N)C(=O)OC(C)(C)C)c3c2)sc1-c1ccccc1. The Labute approximate surface area is 267 Å². The van der Waals surface area contributed by atoms with Crippen LogP contribution in [0.15, 0.2) is 91.0 Å². The second kappa shape index (κ2) is 13.6. The lowest BCUT2D eigenvalue weighted by atomic mass is 10.0. The smallest absolute Gasteiger partial charge is 0.323 e. The van der Waals surface area contributed by atoms with Gasteiger partial charge < -0.3 is 19.8 Å². The highest BCUT2D eigenvalue weighted by atomic mass is 32.1. The van der Waals surface area contributed by atoms with Gasteiger partial charge >= 0.3 is 11.9 Å². The minimum atomic E-state index is -0.722. The first-order chi connectivity index (χ1) is 21.5. The van der Waals surface area contributed by atoms with Gasteiger partial charge in [0.05, 0.1) is 18.4 Å². The molecule has 1 atom stereocenters. The van der Waals surface area contributed by atoms with Crippen molar-refractivity contribution in [2.24, 2.45) is 5.73 Å². The van der Waals surface area contributed by atoms with Crippen molar-refractivity contribution in [3.05, 3.63) is 107 Å². The molecule has 2 N–H and O–H groups in total. The van der Waals surface area contributed by atoms with Gasteiger partial charge in [-0.3, -0.25) is 14.4 Å². The van der Waals surface area contributed by atoms with E-state index in [1.807, 2.05) is 93.6 Å². The molecule has 0 saturated heterocycles. The number of aryl methyl sites for hydroxylation is 1. The molecule has 0 amide bonds. The predicted molar refractivity (Wildman–Crippen MR) is 179 cm³/mol. The normalized spacial score (nSPS) is 12.2. The van der Waals surface area contributed by atoms with E-state index in [1.165, 1.54) is 18.4 Å². The van der Waals surface area contributed by atoms with E-state index >= 15 is 0 Å². The molecule has 0 saturated carbocycles. The number of nitrogens with two attached hydrogens (primary N) is 1. The molecule has 2 aromatic heterocycles. The van der Waals surface area contributed by atoms with Crippen LogP contribution in [0.4, 0.5) is 0 Å². The van der Waals surface area contributed by atoms with Gasteiger partial charge in [-0.25, -0.2) is 0 Å². The van der Waals surface area contributed by atoms with Gasteiger partial charge in [0.1, 0.15) is 11.6 Å². The fourth-order valence-corrected chi connectivity index (χ4v) is 6.47. The molecule has 0 bridgehead atoms. The number of aromatic nitrogens is 1. The summed E-state index contributed by atoms with van der Waals surface area (Å²) in [4.78, 5) is 40.1. The van der Waals surface area contributed by atoms with Gasteiger partial charge in [0.15, 0.2) is 0 Å². The highest BCUT2D eigenvalue weighted by Crippen LogP contribution is 2.36. The molecule has 3 aromatic carbocycles. The second-order valence-corrected chi connectivity index (χ2v) is 13.1. The van der Waals surface area contributed by atoms with E-state index in [-0.39, 0.29) is 18.2 Å². The average molecular weight is 623 g/mol. The van der Waals surface area contributed by atoms with Crippen molar-refractivity contribution in [3.63, 3.8) is 0 Å². The number of fused-ring (bicyclic) bond motifs is 1. The van der Waals surface area contributed by atoms with Crippen molar-refractivity contribution < 1.29 is 23.9 Å². The molecule has 0 spiro atoms. The maximum atomic E-state index is 13.9. The van der Waals surface area contributed by atoms with Crippen LogP contribution >= 0.6 is 11.3 Å². The molecule has 2 heterocycles. The van der Waals surface area contributed by atoms with Crippen LogP contribution in [0.25, 0.3) is 32.6 Å². The number of esters is 2. The molecule has 5 aromatic rings. The van der Waals surface area contributed by atoms with Crippen molar-refractivity contribution in [2.45, 2.75) is 58.2 Å². The van der Waals surface area contributed by atoms with E-state index in [0.29, 0.717) is 29.8 Å². The molecule has 232 valence electrons. The first-order valence-corrected chi connectivity index (χ1v) is 15.8. The molecule has 0 radical (unpaired) electrons. The van der Waals surface area contributed by atoms with Gasteiger partial charge in [0.25, 0.3) is 0 Å². The molecular weight excluding hydrogens is 584 g/mol. The first kappa shape index (κ1) is 31.9. The monoisotopic (exact) mass is 622 g/mol. The van der Waals surface area contributed by atoms with Crippen LogP contribution < -0.4 is 5.73 Å². The maximum Gasteiger partial charge on any atom is 0.323 e. The summed E-state index contributed by atoms with van der Waals surface area (Å²) in [7, 11) is 1.36. The third-order valence-electron chi connectivity index (χ3n) is 7.47. The molecule has 45 heavy (non-hydrogen) atoms. The predicted octanol–water partition coefficient (Wildman–Crippen LogP) is 7.43. The molecule has 0 aliphatic heterocycles. The summed E-state index contributed by atoms with van der Waals surface area (Å²) >= 11 is 1.38. The summed E-state index contributed by atoms with van der Waals surface area (Å²) in [6.07, 6.45) is 1.19. The Balaban J connectivity index is 1.48. The van der Waals surface area contributed by atoms with E-state index in [2.05, 4.69) is 22.8 Å². The summed E-state index contributed by atoms with van der Waals surface area (Å²) in [5, 5.41) is 1.00. The molecule has 0 aliphatic carbocycles. The first-order valence-electron chi connectivity index (χ1n) is 15.0. The lowest BCUT2D eigenvalue weighted by molar-refractivity contribution is -0.156. The van der Waals surface area contributed by atoms with Gasteiger partial charge in [-0.05, 0) is 68.5 Å².